The zero-order valence-corrected chi connectivity index (χ0v) is 8.68. The van der Waals surface area contributed by atoms with Gasteiger partial charge >= 0.3 is 5.97 Å². The zero-order valence-electron chi connectivity index (χ0n) is 7.86. The second kappa shape index (κ2) is 5.50. The minimum absolute atomic E-state index is 0.178. The van der Waals surface area contributed by atoms with Crippen molar-refractivity contribution in [1.29, 1.82) is 0 Å². The molecule has 1 saturated heterocycles. The van der Waals surface area contributed by atoms with Gasteiger partial charge in [0.05, 0.1) is 13.2 Å². The van der Waals surface area contributed by atoms with Gasteiger partial charge in [0.15, 0.2) is 0 Å². The highest BCUT2D eigenvalue weighted by atomic mass is 32.2. The third-order valence-electron chi connectivity index (χ3n) is 2.38. The van der Waals surface area contributed by atoms with Crippen LogP contribution in [-0.4, -0.2) is 35.8 Å². The molecular formula is C9H16O3S. The first-order valence-electron chi connectivity index (χ1n) is 4.56. The molecule has 1 fully saturated rings. The summed E-state index contributed by atoms with van der Waals surface area (Å²) < 4.78 is 4.55. The number of ether oxygens (including phenoxy) is 1. The number of hydrogen-bond donors (Lipinski definition) is 1. The van der Waals surface area contributed by atoms with Gasteiger partial charge in [0.25, 0.3) is 0 Å². The Balaban J connectivity index is 2.22. The predicted molar refractivity (Wildman–Crippen MR) is 52.7 cm³/mol. The molecule has 0 unspecified atom stereocenters. The van der Waals surface area contributed by atoms with E-state index in [1.54, 1.807) is 0 Å². The Hall–Kier alpha value is -0.220. The van der Waals surface area contributed by atoms with Gasteiger partial charge in [0.1, 0.15) is 0 Å². The highest BCUT2D eigenvalue weighted by Crippen LogP contribution is 2.26. The summed E-state index contributed by atoms with van der Waals surface area (Å²) in [5.41, 5.74) is 0. The van der Waals surface area contributed by atoms with E-state index >= 15 is 0 Å². The van der Waals surface area contributed by atoms with E-state index < -0.39 is 0 Å². The van der Waals surface area contributed by atoms with Crippen LogP contribution in [0.15, 0.2) is 0 Å². The van der Waals surface area contributed by atoms with Gasteiger partial charge in [-0.15, -0.1) is 0 Å². The molecule has 1 aliphatic rings. The molecule has 0 saturated carbocycles. The molecule has 1 aliphatic heterocycles. The van der Waals surface area contributed by atoms with E-state index in [9.17, 15) is 9.90 Å². The fraction of sp³-hybridized carbons (Fsp3) is 0.889. The van der Waals surface area contributed by atoms with Gasteiger partial charge in [-0.25, -0.2) is 0 Å². The maximum atomic E-state index is 10.9. The maximum absolute atomic E-state index is 10.9. The molecule has 4 heteroatoms. The molecule has 0 radical (unpaired) electrons. The van der Waals surface area contributed by atoms with Crippen LogP contribution in [0.3, 0.4) is 0 Å². The lowest BCUT2D eigenvalue weighted by atomic mass is 9.96. The molecule has 0 spiro atoms. The monoisotopic (exact) mass is 204 g/mol. The molecule has 3 nitrogen and oxygen atoms in total. The summed E-state index contributed by atoms with van der Waals surface area (Å²) in [5.74, 6) is 2.11. The van der Waals surface area contributed by atoms with Gasteiger partial charge in [0, 0.05) is 6.42 Å². The number of carbonyl (C=O) groups is 1. The van der Waals surface area contributed by atoms with Crippen LogP contribution in [0.25, 0.3) is 0 Å². The SMILES string of the molecule is COC(=O)CC[C@H]1CSCC[C@@H]1O. The summed E-state index contributed by atoms with van der Waals surface area (Å²) in [5, 5.41) is 9.59. The Bertz CT molecular complexity index is 172. The standard InChI is InChI=1S/C9H16O3S/c1-12-9(11)3-2-7-6-13-5-4-8(7)10/h7-8,10H,2-6H2,1H3/t7-,8-/m0/s1. The van der Waals surface area contributed by atoms with Crippen LogP contribution in [0, 0.1) is 5.92 Å². The third-order valence-corrected chi connectivity index (χ3v) is 3.57. The van der Waals surface area contributed by atoms with Crippen LogP contribution in [-0.2, 0) is 9.53 Å². The topological polar surface area (TPSA) is 46.5 Å². The number of methoxy groups -OCH3 is 1. The first-order valence-corrected chi connectivity index (χ1v) is 5.72. The summed E-state index contributed by atoms with van der Waals surface area (Å²) >= 11 is 1.85. The molecule has 1 heterocycles. The molecule has 0 aromatic carbocycles. The quantitative estimate of drug-likeness (QED) is 0.698. The fourth-order valence-electron chi connectivity index (χ4n) is 1.47. The smallest absolute Gasteiger partial charge is 0.305 e. The molecule has 0 aromatic heterocycles. The maximum Gasteiger partial charge on any atom is 0.305 e. The Labute approximate surface area is 82.8 Å². The van der Waals surface area contributed by atoms with Crippen LogP contribution in [0.5, 0.6) is 0 Å². The molecule has 1 N–H and O–H groups in total. The summed E-state index contributed by atoms with van der Waals surface area (Å²) in [6.07, 6.45) is 1.82. The first kappa shape index (κ1) is 10.9. The molecule has 0 aromatic rings. The largest absolute Gasteiger partial charge is 0.469 e. The third kappa shape index (κ3) is 3.56. The highest BCUT2D eigenvalue weighted by Gasteiger charge is 2.23. The number of hydrogen-bond acceptors (Lipinski definition) is 4. The number of aliphatic hydroxyl groups excluding tert-OH is 1. The van der Waals surface area contributed by atoms with Crippen LogP contribution in [0.1, 0.15) is 19.3 Å². The van der Waals surface area contributed by atoms with Gasteiger partial charge in [-0.1, -0.05) is 0 Å². The molecule has 2 atom stereocenters. The normalized spacial score (nSPS) is 28.5. The predicted octanol–water partition coefficient (Wildman–Crippen LogP) is 1.05. The molecule has 0 amide bonds. The lowest BCUT2D eigenvalue weighted by Crippen LogP contribution is -2.28. The summed E-state index contributed by atoms with van der Waals surface area (Å²) in [6, 6.07) is 0. The van der Waals surface area contributed by atoms with Crippen LogP contribution in [0.4, 0.5) is 0 Å². The van der Waals surface area contributed by atoms with Crippen LogP contribution < -0.4 is 0 Å². The zero-order chi connectivity index (χ0) is 9.68. The summed E-state index contributed by atoms with van der Waals surface area (Å²) in [6.45, 7) is 0. The van der Waals surface area contributed by atoms with Gasteiger partial charge in [-0.3, -0.25) is 4.79 Å². The molecule has 0 bridgehead atoms. The van der Waals surface area contributed by atoms with E-state index in [0.717, 1.165) is 24.3 Å². The van der Waals surface area contributed by atoms with Crippen LogP contribution >= 0.6 is 11.8 Å². The van der Waals surface area contributed by atoms with E-state index in [0.29, 0.717) is 6.42 Å². The number of thioether (sulfide) groups is 1. The van der Waals surface area contributed by atoms with Crippen molar-refractivity contribution < 1.29 is 14.6 Å². The number of esters is 1. The minimum atomic E-state index is -0.217. The summed E-state index contributed by atoms with van der Waals surface area (Å²) in [4.78, 5) is 10.9. The van der Waals surface area contributed by atoms with E-state index in [1.165, 1.54) is 7.11 Å². The van der Waals surface area contributed by atoms with Gasteiger partial charge in [-0.2, -0.15) is 11.8 Å². The molecule has 0 aliphatic carbocycles. The second-order valence-electron chi connectivity index (χ2n) is 3.31. The van der Waals surface area contributed by atoms with Crippen molar-refractivity contribution in [1.82, 2.24) is 0 Å². The molecular weight excluding hydrogens is 188 g/mol. The molecule has 76 valence electrons. The minimum Gasteiger partial charge on any atom is -0.469 e. The number of aliphatic hydroxyl groups is 1. The van der Waals surface area contributed by atoms with E-state index in [-0.39, 0.29) is 18.0 Å². The van der Waals surface area contributed by atoms with Gasteiger partial charge < -0.3 is 9.84 Å². The van der Waals surface area contributed by atoms with Gasteiger partial charge in [-0.05, 0) is 30.3 Å². The second-order valence-corrected chi connectivity index (χ2v) is 4.46. The average molecular weight is 204 g/mol. The van der Waals surface area contributed by atoms with Crippen molar-refractivity contribution >= 4 is 17.7 Å². The molecule has 1 rings (SSSR count). The molecule has 13 heavy (non-hydrogen) atoms. The average Bonchev–Trinajstić information content (AvgIpc) is 2.16. The van der Waals surface area contributed by atoms with Crippen molar-refractivity contribution in [3.63, 3.8) is 0 Å². The van der Waals surface area contributed by atoms with Crippen molar-refractivity contribution in [2.24, 2.45) is 5.92 Å². The van der Waals surface area contributed by atoms with Gasteiger partial charge in [0.2, 0.25) is 0 Å². The summed E-state index contributed by atoms with van der Waals surface area (Å²) in [7, 11) is 1.40. The Morgan fingerprint density at radius 3 is 3.08 bits per heavy atom. The Kier molecular flexibility index (Phi) is 4.59. The van der Waals surface area contributed by atoms with Crippen molar-refractivity contribution in [2.75, 3.05) is 18.6 Å². The van der Waals surface area contributed by atoms with Crippen molar-refractivity contribution in [3.8, 4) is 0 Å². The first-order chi connectivity index (χ1) is 6.24. The Morgan fingerprint density at radius 1 is 1.69 bits per heavy atom. The van der Waals surface area contributed by atoms with Crippen LogP contribution in [0.2, 0.25) is 0 Å². The van der Waals surface area contributed by atoms with E-state index in [2.05, 4.69) is 4.74 Å². The lowest BCUT2D eigenvalue weighted by Gasteiger charge is -2.26. The fourth-order valence-corrected chi connectivity index (χ4v) is 2.73. The Morgan fingerprint density at radius 2 is 2.46 bits per heavy atom. The van der Waals surface area contributed by atoms with Crippen molar-refractivity contribution in [3.05, 3.63) is 0 Å². The lowest BCUT2D eigenvalue weighted by molar-refractivity contribution is -0.141. The number of carbonyl (C=O) groups excluding carboxylic acids is 1. The highest BCUT2D eigenvalue weighted by molar-refractivity contribution is 7.99. The van der Waals surface area contributed by atoms with Crippen molar-refractivity contribution in [2.45, 2.75) is 25.4 Å². The number of rotatable bonds is 3. The van der Waals surface area contributed by atoms with E-state index in [1.807, 2.05) is 11.8 Å². The van der Waals surface area contributed by atoms with E-state index in [4.69, 9.17) is 0 Å².